The molecule has 0 saturated carbocycles. The van der Waals surface area contributed by atoms with E-state index in [0.29, 0.717) is 17.2 Å². The van der Waals surface area contributed by atoms with Crippen LogP contribution in [0.5, 0.6) is 0 Å². The monoisotopic (exact) mass is 493 g/mol. The first-order chi connectivity index (χ1) is 16.5. The fraction of sp³-hybridized carbons (Fsp3) is 0.160. The Morgan fingerprint density at radius 2 is 1.57 bits per heavy atom. The molecule has 0 unspecified atom stereocenters. The Bertz CT molecular complexity index is 1440. The normalized spacial score (nSPS) is 11.8. The van der Waals surface area contributed by atoms with Crippen molar-refractivity contribution in [2.24, 2.45) is 0 Å². The number of nitrogens with one attached hydrogen (secondary N) is 2. The van der Waals surface area contributed by atoms with Crippen LogP contribution in [0.3, 0.4) is 0 Å². The lowest BCUT2D eigenvalue weighted by Gasteiger charge is -2.14. The predicted octanol–water partition coefficient (Wildman–Crippen LogP) is 4.76. The summed E-state index contributed by atoms with van der Waals surface area (Å²) in [6.45, 7) is 5.99. The molecule has 2 N–H and O–H groups in total. The van der Waals surface area contributed by atoms with E-state index in [1.807, 2.05) is 20.8 Å². The lowest BCUT2D eigenvalue weighted by atomic mass is 9.92. The van der Waals surface area contributed by atoms with Crippen molar-refractivity contribution < 1.29 is 17.6 Å². The average molecular weight is 494 g/mol. The molecule has 0 aliphatic heterocycles. The van der Waals surface area contributed by atoms with Crippen LogP contribution in [-0.4, -0.2) is 29.1 Å². The second-order valence-corrected chi connectivity index (χ2v) is 10.6. The molecule has 0 spiro atoms. The molecule has 4 rings (SSSR count). The van der Waals surface area contributed by atoms with E-state index in [4.69, 9.17) is 0 Å². The van der Waals surface area contributed by atoms with Crippen molar-refractivity contribution in [1.29, 1.82) is 0 Å². The van der Waals surface area contributed by atoms with E-state index in [-0.39, 0.29) is 21.7 Å². The fourth-order valence-electron chi connectivity index (χ4n) is 3.22. The molecule has 0 aliphatic rings. The Hall–Kier alpha value is -4.05. The first-order valence-electron chi connectivity index (χ1n) is 10.7. The molecule has 4 aromatic rings. The Balaban J connectivity index is 1.58. The van der Waals surface area contributed by atoms with Crippen molar-refractivity contribution in [3.8, 4) is 5.69 Å². The maximum absolute atomic E-state index is 13.4. The Morgan fingerprint density at radius 1 is 0.943 bits per heavy atom. The van der Waals surface area contributed by atoms with Gasteiger partial charge in [-0.1, -0.05) is 20.8 Å². The van der Waals surface area contributed by atoms with Gasteiger partial charge in [0.05, 0.1) is 22.0 Å². The Kier molecular flexibility index (Phi) is 6.40. The topological polar surface area (TPSA) is 106 Å². The molecule has 0 aliphatic carbocycles. The van der Waals surface area contributed by atoms with Gasteiger partial charge in [-0.15, -0.1) is 0 Å². The van der Waals surface area contributed by atoms with E-state index in [2.05, 4.69) is 20.1 Å². The highest BCUT2D eigenvalue weighted by atomic mass is 32.2. The van der Waals surface area contributed by atoms with E-state index in [1.54, 1.807) is 18.2 Å². The number of anilines is 2. The van der Waals surface area contributed by atoms with E-state index < -0.39 is 15.9 Å². The number of amides is 1. The van der Waals surface area contributed by atoms with Gasteiger partial charge in [0.1, 0.15) is 11.6 Å². The van der Waals surface area contributed by atoms with E-state index in [1.165, 1.54) is 65.6 Å². The van der Waals surface area contributed by atoms with E-state index in [9.17, 15) is 17.6 Å². The molecule has 0 fully saturated rings. The molecule has 2 aromatic heterocycles. The van der Waals surface area contributed by atoms with Gasteiger partial charge in [0.2, 0.25) is 0 Å². The third-order valence-corrected chi connectivity index (χ3v) is 6.55. The van der Waals surface area contributed by atoms with Crippen LogP contribution in [0.2, 0.25) is 0 Å². The van der Waals surface area contributed by atoms with Gasteiger partial charge in [-0.25, -0.2) is 17.5 Å². The molecule has 0 atom stereocenters. The van der Waals surface area contributed by atoms with Crippen LogP contribution >= 0.6 is 0 Å². The van der Waals surface area contributed by atoms with Gasteiger partial charge in [-0.2, -0.15) is 5.10 Å². The maximum Gasteiger partial charge on any atom is 0.261 e. The lowest BCUT2D eigenvalue weighted by molar-refractivity contribution is 0.102. The summed E-state index contributed by atoms with van der Waals surface area (Å²) in [5.74, 6) is -0.418. The molecule has 0 radical (unpaired) electrons. The zero-order valence-corrected chi connectivity index (χ0v) is 20.2. The summed E-state index contributed by atoms with van der Waals surface area (Å²) < 4.78 is 42.7. The van der Waals surface area contributed by atoms with Gasteiger partial charge in [0.25, 0.3) is 15.9 Å². The van der Waals surface area contributed by atoms with Crippen LogP contribution in [0.15, 0.2) is 84.0 Å². The minimum Gasteiger partial charge on any atom is -0.306 e. The van der Waals surface area contributed by atoms with Gasteiger partial charge in [-0.05, 0) is 60.7 Å². The summed E-state index contributed by atoms with van der Waals surface area (Å²) in [5, 5.41) is 7.43. The number of sulfonamides is 1. The Labute approximate surface area is 202 Å². The number of carbonyl (C=O) groups excluding carboxylic acids is 1. The molecule has 1 amide bonds. The number of carbonyl (C=O) groups is 1. The van der Waals surface area contributed by atoms with Gasteiger partial charge in [-0.3, -0.25) is 14.5 Å². The summed E-state index contributed by atoms with van der Waals surface area (Å²) in [7, 11) is -3.83. The van der Waals surface area contributed by atoms with E-state index in [0.717, 1.165) is 5.69 Å². The second-order valence-electron chi connectivity index (χ2n) is 8.87. The number of pyridine rings is 1. The van der Waals surface area contributed by atoms with Gasteiger partial charge in [0.15, 0.2) is 0 Å². The number of aromatic nitrogens is 3. The fourth-order valence-corrected chi connectivity index (χ4v) is 4.28. The van der Waals surface area contributed by atoms with Crippen LogP contribution in [0.25, 0.3) is 5.69 Å². The van der Waals surface area contributed by atoms with Crippen LogP contribution in [0.4, 0.5) is 15.9 Å². The summed E-state index contributed by atoms with van der Waals surface area (Å²) in [6, 6.07) is 16.2. The molecular weight excluding hydrogens is 469 g/mol. The van der Waals surface area contributed by atoms with Crippen molar-refractivity contribution in [3.05, 3.63) is 96.2 Å². The van der Waals surface area contributed by atoms with E-state index >= 15 is 0 Å². The molecule has 35 heavy (non-hydrogen) atoms. The standard InChI is InChI=1S/C25H24FN5O3S/c1-25(2,3)22-16-23(31(29-22)20-8-6-18(26)7-9-20)28-24(32)17-4-10-21(11-5-17)35(33,34)30-19-12-14-27-15-13-19/h4-16H,1-3H3,(H,27,30)(H,28,32). The molecule has 2 aromatic carbocycles. The van der Waals surface area contributed by atoms with Crippen LogP contribution < -0.4 is 10.0 Å². The van der Waals surface area contributed by atoms with Gasteiger partial charge < -0.3 is 5.32 Å². The molecule has 0 saturated heterocycles. The number of halogens is 1. The first kappa shape index (κ1) is 24.1. The lowest BCUT2D eigenvalue weighted by Crippen LogP contribution is -2.16. The SMILES string of the molecule is CC(C)(C)c1cc(NC(=O)c2ccc(S(=O)(=O)Nc3ccncc3)cc2)n(-c2ccc(F)cc2)n1. The van der Waals surface area contributed by atoms with Crippen molar-refractivity contribution in [3.63, 3.8) is 0 Å². The number of hydrogen-bond acceptors (Lipinski definition) is 5. The van der Waals surface area contributed by atoms with Gasteiger partial charge in [0, 0.05) is 29.4 Å². The quantitative estimate of drug-likeness (QED) is 0.403. The molecular formula is C25H24FN5O3S. The predicted molar refractivity (Wildman–Crippen MR) is 132 cm³/mol. The third kappa shape index (κ3) is 5.55. The maximum atomic E-state index is 13.4. The highest BCUT2D eigenvalue weighted by molar-refractivity contribution is 7.92. The van der Waals surface area contributed by atoms with Crippen molar-refractivity contribution in [2.75, 3.05) is 10.0 Å². The zero-order valence-electron chi connectivity index (χ0n) is 19.4. The zero-order chi connectivity index (χ0) is 25.2. The summed E-state index contributed by atoms with van der Waals surface area (Å²) in [6.07, 6.45) is 2.96. The molecule has 8 nitrogen and oxygen atoms in total. The number of rotatable bonds is 6. The summed E-state index contributed by atoms with van der Waals surface area (Å²) in [5.41, 5.74) is 1.67. The molecule has 0 bridgehead atoms. The largest absolute Gasteiger partial charge is 0.306 e. The molecule has 2 heterocycles. The van der Waals surface area contributed by atoms with Crippen molar-refractivity contribution >= 4 is 27.4 Å². The van der Waals surface area contributed by atoms with Crippen LogP contribution in [0, 0.1) is 5.82 Å². The molecule has 180 valence electrons. The van der Waals surface area contributed by atoms with Crippen molar-refractivity contribution in [2.45, 2.75) is 31.1 Å². The molecule has 10 heteroatoms. The van der Waals surface area contributed by atoms with Crippen LogP contribution in [-0.2, 0) is 15.4 Å². The average Bonchev–Trinajstić information content (AvgIpc) is 3.24. The highest BCUT2D eigenvalue weighted by Gasteiger charge is 2.22. The summed E-state index contributed by atoms with van der Waals surface area (Å²) in [4.78, 5) is 16.8. The number of benzene rings is 2. The van der Waals surface area contributed by atoms with Gasteiger partial charge >= 0.3 is 0 Å². The minimum absolute atomic E-state index is 0.0113. The first-order valence-corrected chi connectivity index (χ1v) is 12.2. The van der Waals surface area contributed by atoms with Crippen LogP contribution in [0.1, 0.15) is 36.8 Å². The highest BCUT2D eigenvalue weighted by Crippen LogP contribution is 2.27. The Morgan fingerprint density at radius 3 is 2.17 bits per heavy atom. The minimum atomic E-state index is -3.83. The number of nitrogens with zero attached hydrogens (tertiary/aromatic N) is 3. The smallest absolute Gasteiger partial charge is 0.261 e. The van der Waals surface area contributed by atoms with Crippen molar-refractivity contribution in [1.82, 2.24) is 14.8 Å². The second kappa shape index (κ2) is 9.30. The summed E-state index contributed by atoms with van der Waals surface area (Å²) >= 11 is 0. The number of hydrogen-bond donors (Lipinski definition) is 2. The third-order valence-electron chi connectivity index (χ3n) is 5.15.